The van der Waals surface area contributed by atoms with Gasteiger partial charge in [0.05, 0.1) is 0 Å². The van der Waals surface area contributed by atoms with Gasteiger partial charge in [-0.3, -0.25) is 4.79 Å². The summed E-state index contributed by atoms with van der Waals surface area (Å²) in [6, 6.07) is 9.86. The topological polar surface area (TPSA) is 55.4 Å². The third-order valence-electron chi connectivity index (χ3n) is 4.26. The first-order chi connectivity index (χ1) is 12.7. The van der Waals surface area contributed by atoms with Crippen LogP contribution in [0.2, 0.25) is 0 Å². The first-order valence-corrected chi connectivity index (χ1v) is 9.35. The molecule has 6 heteroatoms. The molecule has 0 aliphatic heterocycles. The fourth-order valence-electron chi connectivity index (χ4n) is 2.99. The maximum atomic E-state index is 13.3. The van der Waals surface area contributed by atoms with Crippen molar-refractivity contribution in [2.75, 3.05) is 5.32 Å². The molecule has 1 aromatic heterocycles. The number of ether oxygens (including phenoxy) is 1. The highest BCUT2D eigenvalue weighted by atomic mass is 32.1. The van der Waals surface area contributed by atoms with Crippen LogP contribution in [-0.2, 0) is 9.53 Å². The van der Waals surface area contributed by atoms with Crippen molar-refractivity contribution in [2.24, 2.45) is 0 Å². The van der Waals surface area contributed by atoms with Crippen molar-refractivity contribution in [3.8, 4) is 0 Å². The van der Waals surface area contributed by atoms with E-state index in [9.17, 15) is 14.0 Å². The summed E-state index contributed by atoms with van der Waals surface area (Å²) in [5.41, 5.74) is 3.74. The van der Waals surface area contributed by atoms with E-state index in [2.05, 4.69) is 5.32 Å². The molecule has 0 spiro atoms. The van der Waals surface area contributed by atoms with Crippen LogP contribution in [-0.4, -0.2) is 18.0 Å². The molecule has 1 N–H and O–H groups in total. The van der Waals surface area contributed by atoms with E-state index in [0.29, 0.717) is 10.3 Å². The van der Waals surface area contributed by atoms with Gasteiger partial charge in [0.15, 0.2) is 6.10 Å². The minimum Gasteiger partial charge on any atom is -0.448 e. The average molecular weight is 385 g/mol. The molecule has 4 nitrogen and oxygen atoms in total. The third kappa shape index (κ3) is 4.17. The lowest BCUT2D eigenvalue weighted by molar-refractivity contribution is -0.123. The van der Waals surface area contributed by atoms with Crippen LogP contribution in [0.15, 0.2) is 36.4 Å². The second-order valence-corrected chi connectivity index (χ2v) is 7.69. The second-order valence-electron chi connectivity index (χ2n) is 6.60. The van der Waals surface area contributed by atoms with E-state index in [1.807, 2.05) is 32.9 Å². The van der Waals surface area contributed by atoms with E-state index in [1.165, 1.54) is 30.4 Å². The van der Waals surface area contributed by atoms with Crippen LogP contribution in [0.5, 0.6) is 0 Å². The fraction of sp³-hybridized carbons (Fsp3) is 0.238. The number of hydrogen-bond acceptors (Lipinski definition) is 4. The van der Waals surface area contributed by atoms with Crippen molar-refractivity contribution in [1.29, 1.82) is 0 Å². The summed E-state index contributed by atoms with van der Waals surface area (Å²) in [7, 11) is 0. The maximum Gasteiger partial charge on any atom is 0.349 e. The Morgan fingerprint density at radius 1 is 1.07 bits per heavy atom. The average Bonchev–Trinajstić information content (AvgIpc) is 3.01. The first-order valence-electron chi connectivity index (χ1n) is 8.53. The van der Waals surface area contributed by atoms with Crippen molar-refractivity contribution >= 4 is 39.0 Å². The van der Waals surface area contributed by atoms with Gasteiger partial charge < -0.3 is 10.1 Å². The number of benzene rings is 2. The van der Waals surface area contributed by atoms with Crippen molar-refractivity contribution in [3.05, 3.63) is 63.8 Å². The van der Waals surface area contributed by atoms with Gasteiger partial charge in [0.2, 0.25) is 0 Å². The van der Waals surface area contributed by atoms with Crippen LogP contribution in [0.4, 0.5) is 10.1 Å². The van der Waals surface area contributed by atoms with E-state index in [4.69, 9.17) is 4.74 Å². The van der Waals surface area contributed by atoms with E-state index in [1.54, 1.807) is 12.1 Å². The lowest BCUT2D eigenvalue weighted by Crippen LogP contribution is -2.30. The molecule has 2 aromatic carbocycles. The highest BCUT2D eigenvalue weighted by Gasteiger charge is 2.21. The molecular weight excluding hydrogens is 365 g/mol. The van der Waals surface area contributed by atoms with Gasteiger partial charge in [-0.15, -0.1) is 11.3 Å². The van der Waals surface area contributed by atoms with E-state index in [-0.39, 0.29) is 5.82 Å². The lowest BCUT2D eigenvalue weighted by atomic mass is 10.0. The molecule has 1 amide bonds. The Kier molecular flexibility index (Phi) is 5.28. The number of carbonyl (C=O) groups excluding carboxylic acids is 2. The SMILES string of the molecule is Cc1cc(C)c(NC(=O)[C@@H](C)OC(=O)c2cc3cc(F)ccc3s2)c(C)c1. The molecule has 3 rings (SSSR count). The van der Waals surface area contributed by atoms with Crippen LogP contribution in [0.25, 0.3) is 10.1 Å². The molecular formula is C21H20FNO3S. The molecule has 0 saturated heterocycles. The number of fused-ring (bicyclic) bond motifs is 1. The number of rotatable bonds is 4. The van der Waals surface area contributed by atoms with Gasteiger partial charge in [-0.2, -0.15) is 0 Å². The quantitative estimate of drug-likeness (QED) is 0.632. The number of hydrogen-bond donors (Lipinski definition) is 1. The Bertz CT molecular complexity index is 1020. The van der Waals surface area contributed by atoms with Crippen molar-refractivity contribution in [1.82, 2.24) is 0 Å². The molecule has 0 aliphatic rings. The monoisotopic (exact) mass is 385 g/mol. The van der Waals surface area contributed by atoms with Gasteiger partial charge in [0.25, 0.3) is 5.91 Å². The van der Waals surface area contributed by atoms with Crippen LogP contribution in [0.1, 0.15) is 33.3 Å². The highest BCUT2D eigenvalue weighted by molar-refractivity contribution is 7.20. The Balaban J connectivity index is 1.71. The Labute approximate surface area is 161 Å². The van der Waals surface area contributed by atoms with Gasteiger partial charge in [-0.1, -0.05) is 17.7 Å². The summed E-state index contributed by atoms with van der Waals surface area (Å²) in [5, 5.41) is 3.47. The number of carbonyl (C=O) groups is 2. The van der Waals surface area contributed by atoms with Crippen molar-refractivity contribution < 1.29 is 18.7 Å². The molecule has 1 atom stereocenters. The number of aryl methyl sites for hydroxylation is 3. The van der Waals surface area contributed by atoms with Crippen molar-refractivity contribution in [2.45, 2.75) is 33.8 Å². The molecule has 140 valence electrons. The highest BCUT2D eigenvalue weighted by Crippen LogP contribution is 2.27. The first kappa shape index (κ1) is 19.0. The minimum absolute atomic E-state index is 0.331. The number of anilines is 1. The normalized spacial score (nSPS) is 12.0. The molecule has 0 fully saturated rings. The summed E-state index contributed by atoms with van der Waals surface area (Å²) in [6.45, 7) is 7.36. The van der Waals surface area contributed by atoms with E-state index < -0.39 is 18.0 Å². The Morgan fingerprint density at radius 3 is 2.41 bits per heavy atom. The molecule has 3 aromatic rings. The third-order valence-corrected chi connectivity index (χ3v) is 5.35. The van der Waals surface area contributed by atoms with Crippen LogP contribution in [0, 0.1) is 26.6 Å². The van der Waals surface area contributed by atoms with Crippen LogP contribution >= 0.6 is 11.3 Å². The zero-order chi connectivity index (χ0) is 19.7. The van der Waals surface area contributed by atoms with Gasteiger partial charge in [0, 0.05) is 10.4 Å². The maximum absolute atomic E-state index is 13.3. The Morgan fingerprint density at radius 2 is 1.74 bits per heavy atom. The smallest absolute Gasteiger partial charge is 0.349 e. The number of nitrogens with one attached hydrogen (secondary N) is 1. The van der Waals surface area contributed by atoms with E-state index >= 15 is 0 Å². The fourth-order valence-corrected chi connectivity index (χ4v) is 3.92. The molecule has 0 saturated carbocycles. The predicted molar refractivity (Wildman–Crippen MR) is 106 cm³/mol. The van der Waals surface area contributed by atoms with Crippen LogP contribution < -0.4 is 5.32 Å². The molecule has 1 heterocycles. The zero-order valence-corrected chi connectivity index (χ0v) is 16.4. The lowest BCUT2D eigenvalue weighted by Gasteiger charge is -2.16. The molecule has 0 aliphatic carbocycles. The molecule has 0 bridgehead atoms. The van der Waals surface area contributed by atoms with Gasteiger partial charge in [-0.05, 0) is 68.5 Å². The Hall–Kier alpha value is -2.73. The molecule has 27 heavy (non-hydrogen) atoms. The summed E-state index contributed by atoms with van der Waals surface area (Å²) in [4.78, 5) is 25.1. The largest absolute Gasteiger partial charge is 0.448 e. The molecule has 0 unspecified atom stereocenters. The minimum atomic E-state index is -0.959. The number of amides is 1. The number of esters is 1. The summed E-state index contributed by atoms with van der Waals surface area (Å²) in [6.07, 6.45) is -0.959. The summed E-state index contributed by atoms with van der Waals surface area (Å²) in [5.74, 6) is -1.36. The van der Waals surface area contributed by atoms with Gasteiger partial charge in [0.1, 0.15) is 10.7 Å². The van der Waals surface area contributed by atoms with Gasteiger partial charge in [-0.25, -0.2) is 9.18 Å². The van der Waals surface area contributed by atoms with Crippen molar-refractivity contribution in [3.63, 3.8) is 0 Å². The summed E-state index contributed by atoms with van der Waals surface area (Å²) >= 11 is 1.21. The van der Waals surface area contributed by atoms with Crippen LogP contribution in [0.3, 0.4) is 0 Å². The number of halogens is 1. The standard InChI is InChI=1S/C21H20FNO3S/c1-11-7-12(2)19(13(3)8-11)23-20(24)14(4)26-21(25)18-10-15-9-16(22)5-6-17(15)27-18/h5-10,14H,1-4H3,(H,23,24)/t14-/m1/s1. The number of thiophene rings is 1. The summed E-state index contributed by atoms with van der Waals surface area (Å²) < 4.78 is 19.4. The van der Waals surface area contributed by atoms with E-state index in [0.717, 1.165) is 27.1 Å². The zero-order valence-electron chi connectivity index (χ0n) is 15.6. The second kappa shape index (κ2) is 7.48. The predicted octanol–water partition coefficient (Wildman–Crippen LogP) is 5.15. The molecule has 0 radical (unpaired) electrons. The van der Waals surface area contributed by atoms with Gasteiger partial charge >= 0.3 is 5.97 Å².